The van der Waals surface area contributed by atoms with E-state index in [-0.39, 0.29) is 12.0 Å². The van der Waals surface area contributed by atoms with Crippen LogP contribution in [0.25, 0.3) is 0 Å². The summed E-state index contributed by atoms with van der Waals surface area (Å²) in [5.41, 5.74) is 5.95. The van der Waals surface area contributed by atoms with Crippen molar-refractivity contribution in [3.05, 3.63) is 64.9 Å². The Labute approximate surface area is 122 Å². The second-order valence-electron chi connectivity index (χ2n) is 5.70. The molecule has 4 rings (SSSR count). The summed E-state index contributed by atoms with van der Waals surface area (Å²) in [5, 5.41) is 15.3. The lowest BCUT2D eigenvalue weighted by Gasteiger charge is -2.31. The van der Waals surface area contributed by atoms with Gasteiger partial charge >= 0.3 is 6.09 Å². The summed E-state index contributed by atoms with van der Waals surface area (Å²) >= 11 is 0. The molecule has 0 bridgehead atoms. The number of benzene rings is 1. The number of rotatable bonds is 1. The first kappa shape index (κ1) is 12.3. The van der Waals surface area contributed by atoms with Crippen LogP contribution in [0.5, 0.6) is 0 Å². The summed E-state index contributed by atoms with van der Waals surface area (Å²) in [7, 11) is 0. The lowest BCUT2D eigenvalue weighted by molar-refractivity contribution is 0.185. The van der Waals surface area contributed by atoms with Gasteiger partial charge in [-0.1, -0.05) is 30.4 Å². The number of hydrogen-bond acceptors (Lipinski definition) is 2. The highest BCUT2D eigenvalue weighted by Gasteiger charge is 2.36. The largest absolute Gasteiger partial charge is 0.465 e. The molecule has 1 amide bonds. The van der Waals surface area contributed by atoms with Crippen LogP contribution in [0.3, 0.4) is 0 Å². The monoisotopic (exact) mass is 280 g/mol. The lowest BCUT2D eigenvalue weighted by Crippen LogP contribution is -2.42. The molecule has 0 spiro atoms. The maximum Gasteiger partial charge on any atom is 0.404 e. The third-order valence-electron chi connectivity index (χ3n) is 4.51. The SMILES string of the molecule is O=C(O)N[C@@H]1CC=C2C=CC3=C2[C@H]1Cc1ccccc1N3. The Balaban J connectivity index is 1.81. The Hall–Kier alpha value is -2.49. The number of carboxylic acid groups (broad SMARTS) is 1. The van der Waals surface area contributed by atoms with Gasteiger partial charge in [-0.25, -0.2) is 4.79 Å². The quantitative estimate of drug-likeness (QED) is 0.741. The van der Waals surface area contributed by atoms with Crippen LogP contribution in [0.4, 0.5) is 10.5 Å². The molecule has 1 aliphatic heterocycles. The Morgan fingerprint density at radius 2 is 2.14 bits per heavy atom. The first-order valence-electron chi connectivity index (χ1n) is 7.19. The van der Waals surface area contributed by atoms with E-state index in [4.69, 9.17) is 5.11 Å². The summed E-state index contributed by atoms with van der Waals surface area (Å²) in [4.78, 5) is 11.1. The van der Waals surface area contributed by atoms with Crippen molar-refractivity contribution < 1.29 is 9.90 Å². The Morgan fingerprint density at radius 1 is 1.29 bits per heavy atom. The third kappa shape index (κ3) is 1.95. The molecule has 21 heavy (non-hydrogen) atoms. The van der Waals surface area contributed by atoms with Gasteiger partial charge in [0.2, 0.25) is 0 Å². The van der Waals surface area contributed by atoms with Gasteiger partial charge in [0.15, 0.2) is 0 Å². The van der Waals surface area contributed by atoms with Crippen molar-refractivity contribution >= 4 is 11.8 Å². The molecule has 1 aromatic carbocycles. The highest BCUT2D eigenvalue weighted by atomic mass is 16.4. The van der Waals surface area contributed by atoms with Gasteiger partial charge in [-0.05, 0) is 41.7 Å². The molecule has 4 heteroatoms. The summed E-state index contributed by atoms with van der Waals surface area (Å²) in [5.74, 6) is 0.183. The molecule has 0 saturated heterocycles. The number of fused-ring (bicyclic) bond motifs is 1. The fourth-order valence-corrected chi connectivity index (χ4v) is 3.59. The molecule has 0 unspecified atom stereocenters. The molecule has 4 nitrogen and oxygen atoms in total. The Morgan fingerprint density at radius 3 is 3.00 bits per heavy atom. The van der Waals surface area contributed by atoms with Crippen LogP contribution in [0.1, 0.15) is 12.0 Å². The van der Waals surface area contributed by atoms with Crippen LogP contribution >= 0.6 is 0 Å². The molecule has 0 fully saturated rings. The van der Waals surface area contributed by atoms with E-state index in [9.17, 15) is 4.79 Å². The van der Waals surface area contributed by atoms with E-state index < -0.39 is 6.09 Å². The lowest BCUT2D eigenvalue weighted by atomic mass is 9.78. The highest BCUT2D eigenvalue weighted by Crippen LogP contribution is 2.42. The predicted molar refractivity (Wildman–Crippen MR) is 81.1 cm³/mol. The number of allylic oxidation sites excluding steroid dienone is 3. The first-order chi connectivity index (χ1) is 10.2. The summed E-state index contributed by atoms with van der Waals surface area (Å²) < 4.78 is 0. The normalized spacial score (nSPS) is 25.4. The second-order valence-corrected chi connectivity index (χ2v) is 5.70. The predicted octanol–water partition coefficient (Wildman–Crippen LogP) is 3.06. The fraction of sp³-hybridized carbons (Fsp3) is 0.235. The molecule has 2 aliphatic carbocycles. The zero-order valence-electron chi connectivity index (χ0n) is 11.5. The van der Waals surface area contributed by atoms with Crippen LogP contribution in [0, 0.1) is 5.92 Å². The first-order valence-corrected chi connectivity index (χ1v) is 7.19. The van der Waals surface area contributed by atoms with E-state index in [0.29, 0.717) is 0 Å². The van der Waals surface area contributed by atoms with E-state index in [1.807, 2.05) is 12.1 Å². The zero-order chi connectivity index (χ0) is 14.4. The average Bonchev–Trinajstić information content (AvgIpc) is 2.77. The summed E-state index contributed by atoms with van der Waals surface area (Å²) in [6.45, 7) is 0. The molecule has 106 valence electrons. The maximum absolute atomic E-state index is 11.1. The van der Waals surface area contributed by atoms with Crippen molar-refractivity contribution in [3.63, 3.8) is 0 Å². The maximum atomic E-state index is 11.1. The zero-order valence-corrected chi connectivity index (χ0v) is 11.5. The van der Waals surface area contributed by atoms with Crippen LogP contribution < -0.4 is 10.6 Å². The molecule has 0 saturated carbocycles. The molecule has 1 aromatic rings. The number of hydrogen-bond donors (Lipinski definition) is 3. The van der Waals surface area contributed by atoms with Crippen LogP contribution in [0.15, 0.2) is 59.3 Å². The van der Waals surface area contributed by atoms with E-state index in [0.717, 1.165) is 24.2 Å². The molecular formula is C17H16N2O2. The molecule has 1 heterocycles. The van der Waals surface area contributed by atoms with E-state index in [1.54, 1.807) is 0 Å². The number of amides is 1. The smallest absolute Gasteiger partial charge is 0.404 e. The standard InChI is InChI=1S/C17H16N2O2/c20-17(21)19-14-7-5-10-6-8-15-16(10)12(14)9-11-3-1-2-4-13(11)18-15/h1-6,8,12,14,18-19H,7,9H2,(H,20,21)/t12-,14+/m0/s1. The number of nitrogens with one attached hydrogen (secondary N) is 2. The van der Waals surface area contributed by atoms with Crippen molar-refractivity contribution in [1.29, 1.82) is 0 Å². The van der Waals surface area contributed by atoms with Crippen LogP contribution in [-0.2, 0) is 6.42 Å². The van der Waals surface area contributed by atoms with Crippen molar-refractivity contribution in [3.8, 4) is 0 Å². The van der Waals surface area contributed by atoms with Gasteiger partial charge in [-0.2, -0.15) is 0 Å². The summed E-state index contributed by atoms with van der Waals surface area (Å²) in [6.07, 6.45) is 7.00. The minimum Gasteiger partial charge on any atom is -0.465 e. The molecule has 2 atom stereocenters. The molecule has 3 N–H and O–H groups in total. The average molecular weight is 280 g/mol. The Bertz CT molecular complexity index is 715. The second kappa shape index (κ2) is 4.52. The highest BCUT2D eigenvalue weighted by molar-refractivity contribution is 5.69. The molecular weight excluding hydrogens is 264 g/mol. The number of carbonyl (C=O) groups is 1. The van der Waals surface area contributed by atoms with Gasteiger partial charge in [0.25, 0.3) is 0 Å². The van der Waals surface area contributed by atoms with E-state index in [2.05, 4.69) is 41.0 Å². The van der Waals surface area contributed by atoms with Crippen molar-refractivity contribution in [2.24, 2.45) is 5.92 Å². The van der Waals surface area contributed by atoms with Gasteiger partial charge in [-0.3, -0.25) is 0 Å². The molecule has 0 aromatic heterocycles. The van der Waals surface area contributed by atoms with E-state index >= 15 is 0 Å². The van der Waals surface area contributed by atoms with Crippen LogP contribution in [0.2, 0.25) is 0 Å². The number of anilines is 1. The minimum atomic E-state index is -0.949. The third-order valence-corrected chi connectivity index (χ3v) is 4.51. The number of para-hydroxylation sites is 1. The van der Waals surface area contributed by atoms with Gasteiger partial charge in [0.1, 0.15) is 0 Å². The van der Waals surface area contributed by atoms with Gasteiger partial charge < -0.3 is 15.7 Å². The van der Waals surface area contributed by atoms with E-state index in [1.165, 1.54) is 16.7 Å². The molecule has 3 aliphatic rings. The van der Waals surface area contributed by atoms with Gasteiger partial charge in [-0.15, -0.1) is 0 Å². The van der Waals surface area contributed by atoms with Crippen molar-refractivity contribution in [2.45, 2.75) is 18.9 Å². The molecule has 0 radical (unpaired) electrons. The topological polar surface area (TPSA) is 61.4 Å². The van der Waals surface area contributed by atoms with Gasteiger partial charge in [0, 0.05) is 23.3 Å². The van der Waals surface area contributed by atoms with Crippen molar-refractivity contribution in [1.82, 2.24) is 5.32 Å². The van der Waals surface area contributed by atoms with Crippen molar-refractivity contribution in [2.75, 3.05) is 5.32 Å². The van der Waals surface area contributed by atoms with Crippen LogP contribution in [-0.4, -0.2) is 17.2 Å². The Kier molecular flexibility index (Phi) is 2.64. The minimum absolute atomic E-state index is 0.0656. The van der Waals surface area contributed by atoms with Gasteiger partial charge in [0.05, 0.1) is 0 Å². The summed E-state index contributed by atoms with van der Waals surface area (Å²) in [6, 6.07) is 8.18. The fourth-order valence-electron chi connectivity index (χ4n) is 3.59.